The number of amides is 1. The van der Waals surface area contributed by atoms with Crippen LogP contribution in [-0.4, -0.2) is 65.0 Å². The molecule has 0 saturated heterocycles. The molecular weight excluding hydrogens is 320 g/mol. The molecule has 0 aromatic carbocycles. The number of ether oxygens (including phenoxy) is 2. The van der Waals surface area contributed by atoms with Crippen LogP contribution in [0.3, 0.4) is 0 Å². The summed E-state index contributed by atoms with van der Waals surface area (Å²) >= 11 is 0. The van der Waals surface area contributed by atoms with Gasteiger partial charge in [-0.2, -0.15) is 0 Å². The van der Waals surface area contributed by atoms with E-state index in [0.29, 0.717) is 0 Å². The molecule has 9 heteroatoms. The molecule has 1 heterocycles. The van der Waals surface area contributed by atoms with Gasteiger partial charge >= 0.3 is 17.9 Å². The highest BCUT2D eigenvalue weighted by Crippen LogP contribution is 2.29. The summed E-state index contributed by atoms with van der Waals surface area (Å²) < 4.78 is 9.91. The fourth-order valence-electron chi connectivity index (χ4n) is 1.86. The van der Waals surface area contributed by atoms with Crippen LogP contribution in [-0.2, 0) is 28.7 Å². The van der Waals surface area contributed by atoms with Crippen molar-refractivity contribution in [3.8, 4) is 0 Å². The van der Waals surface area contributed by atoms with E-state index in [1.54, 1.807) is 27.7 Å². The Labute approximate surface area is 139 Å². The fourth-order valence-corrected chi connectivity index (χ4v) is 1.86. The van der Waals surface area contributed by atoms with Crippen LogP contribution in [0.2, 0.25) is 0 Å². The van der Waals surface area contributed by atoms with E-state index >= 15 is 0 Å². The van der Waals surface area contributed by atoms with Gasteiger partial charge < -0.3 is 14.6 Å². The van der Waals surface area contributed by atoms with Gasteiger partial charge in [-0.15, -0.1) is 0 Å². The first kappa shape index (κ1) is 19.6. The van der Waals surface area contributed by atoms with E-state index < -0.39 is 46.7 Å². The zero-order valence-electron chi connectivity index (χ0n) is 14.6. The Kier molecular flexibility index (Phi) is 5.37. The number of aliphatic imine (C=N–C) groups is 1. The highest BCUT2D eigenvalue weighted by molar-refractivity contribution is 6.39. The predicted molar refractivity (Wildman–Crippen MR) is 82.2 cm³/mol. The third-order valence-corrected chi connectivity index (χ3v) is 3.45. The molecule has 0 aromatic heterocycles. The number of carboxylic acids is 1. The number of hydrogen-bond donors (Lipinski definition) is 1. The maximum absolute atomic E-state index is 12.5. The molecule has 1 amide bonds. The van der Waals surface area contributed by atoms with Crippen LogP contribution < -0.4 is 0 Å². The minimum atomic E-state index is -2.13. The average molecular weight is 342 g/mol. The van der Waals surface area contributed by atoms with Crippen molar-refractivity contribution in [2.24, 2.45) is 10.4 Å². The lowest BCUT2D eigenvalue weighted by atomic mass is 9.91. The van der Waals surface area contributed by atoms with Crippen molar-refractivity contribution in [1.82, 2.24) is 4.90 Å². The first-order valence-electron chi connectivity index (χ1n) is 7.35. The standard InChI is InChI=1S/C15H22N2O7/c1-7-23-11(19)9-16-15(5,12(20)21)8(10(18)17(9)6)24-13(22)14(2,3)4/h8H,7H2,1-6H3,(H,20,21). The highest BCUT2D eigenvalue weighted by atomic mass is 16.6. The maximum atomic E-state index is 12.5. The maximum Gasteiger partial charge on any atom is 0.374 e. The molecule has 0 aromatic rings. The van der Waals surface area contributed by atoms with E-state index in [1.807, 2.05) is 0 Å². The van der Waals surface area contributed by atoms with E-state index in [4.69, 9.17) is 9.47 Å². The van der Waals surface area contributed by atoms with Crippen molar-refractivity contribution in [2.45, 2.75) is 46.3 Å². The minimum Gasteiger partial charge on any atom is -0.479 e. The zero-order chi connectivity index (χ0) is 18.9. The Morgan fingerprint density at radius 2 is 1.88 bits per heavy atom. The smallest absolute Gasteiger partial charge is 0.374 e. The van der Waals surface area contributed by atoms with Gasteiger partial charge in [-0.25, -0.2) is 14.6 Å². The van der Waals surface area contributed by atoms with E-state index in [1.165, 1.54) is 7.05 Å². The molecule has 1 aliphatic heterocycles. The molecule has 1 aliphatic rings. The minimum absolute atomic E-state index is 0.0338. The Morgan fingerprint density at radius 3 is 2.29 bits per heavy atom. The van der Waals surface area contributed by atoms with Crippen molar-refractivity contribution in [3.05, 3.63) is 0 Å². The molecule has 0 fully saturated rings. The van der Waals surface area contributed by atoms with E-state index in [9.17, 15) is 24.3 Å². The Morgan fingerprint density at radius 1 is 1.33 bits per heavy atom. The van der Waals surface area contributed by atoms with Crippen molar-refractivity contribution in [3.63, 3.8) is 0 Å². The van der Waals surface area contributed by atoms with Crippen LogP contribution in [0.15, 0.2) is 4.99 Å². The average Bonchev–Trinajstić information content (AvgIpc) is 2.46. The number of likely N-dealkylation sites (N-methyl/N-ethyl adjacent to an activating group) is 1. The van der Waals surface area contributed by atoms with Gasteiger partial charge in [0, 0.05) is 7.05 Å². The lowest BCUT2D eigenvalue weighted by molar-refractivity contribution is -0.175. The highest BCUT2D eigenvalue weighted by Gasteiger charge is 2.55. The summed E-state index contributed by atoms with van der Waals surface area (Å²) in [5.41, 5.74) is -3.07. The number of carboxylic acid groups (broad SMARTS) is 1. The van der Waals surface area contributed by atoms with Gasteiger partial charge in [0.05, 0.1) is 12.0 Å². The summed E-state index contributed by atoms with van der Waals surface area (Å²) in [6, 6.07) is 0. The number of amidine groups is 1. The van der Waals surface area contributed by atoms with Crippen molar-refractivity contribution in [2.75, 3.05) is 13.7 Å². The predicted octanol–water partition coefficient (Wildman–Crippen LogP) is 0.221. The molecule has 1 N–H and O–H groups in total. The molecule has 2 atom stereocenters. The van der Waals surface area contributed by atoms with E-state index in [-0.39, 0.29) is 6.61 Å². The van der Waals surface area contributed by atoms with Crippen LogP contribution in [0.25, 0.3) is 0 Å². The second kappa shape index (κ2) is 6.58. The molecule has 0 saturated carbocycles. The quantitative estimate of drug-likeness (QED) is 0.725. The van der Waals surface area contributed by atoms with Crippen LogP contribution >= 0.6 is 0 Å². The summed E-state index contributed by atoms with van der Waals surface area (Å²) in [5, 5.41) is 9.50. The van der Waals surface area contributed by atoms with Crippen LogP contribution in [0.1, 0.15) is 34.6 Å². The first-order chi connectivity index (χ1) is 10.9. The van der Waals surface area contributed by atoms with Gasteiger partial charge in [0.25, 0.3) is 5.91 Å². The normalized spacial score (nSPS) is 24.2. The topological polar surface area (TPSA) is 123 Å². The van der Waals surface area contributed by atoms with Gasteiger partial charge in [0.15, 0.2) is 0 Å². The van der Waals surface area contributed by atoms with Gasteiger partial charge in [-0.3, -0.25) is 14.5 Å². The molecule has 2 unspecified atom stereocenters. The molecule has 9 nitrogen and oxygen atoms in total. The van der Waals surface area contributed by atoms with Crippen molar-refractivity contribution < 1.29 is 33.8 Å². The van der Waals surface area contributed by atoms with Crippen molar-refractivity contribution >= 4 is 29.7 Å². The Bertz CT molecular complexity index is 605. The van der Waals surface area contributed by atoms with Crippen LogP contribution in [0, 0.1) is 5.41 Å². The molecular formula is C15H22N2O7. The van der Waals surface area contributed by atoms with Crippen LogP contribution in [0.5, 0.6) is 0 Å². The number of aliphatic carboxylic acids is 1. The number of carbonyl (C=O) groups excluding carboxylic acids is 3. The summed E-state index contributed by atoms with van der Waals surface area (Å²) in [6.07, 6.45) is -1.69. The number of esters is 2. The molecule has 0 spiro atoms. The molecule has 1 rings (SSSR count). The molecule has 0 aliphatic carbocycles. The SMILES string of the molecule is CCOC(=O)C1=NC(C)(C(=O)O)C(OC(=O)C(C)(C)C)C(=O)N1C. The monoisotopic (exact) mass is 342 g/mol. The second-order valence-electron chi connectivity index (χ2n) is 6.54. The summed E-state index contributed by atoms with van der Waals surface area (Å²) in [5.74, 6) is -4.50. The largest absolute Gasteiger partial charge is 0.479 e. The molecule has 0 bridgehead atoms. The number of carbonyl (C=O) groups is 4. The Hall–Kier alpha value is -2.45. The number of hydrogen-bond acceptors (Lipinski definition) is 7. The van der Waals surface area contributed by atoms with E-state index in [0.717, 1.165) is 11.8 Å². The fraction of sp³-hybridized carbons (Fsp3) is 0.667. The lowest BCUT2D eigenvalue weighted by Gasteiger charge is -2.37. The van der Waals surface area contributed by atoms with Gasteiger partial charge in [0.1, 0.15) is 0 Å². The molecule has 134 valence electrons. The van der Waals surface area contributed by atoms with Gasteiger partial charge in [-0.05, 0) is 34.6 Å². The molecule has 24 heavy (non-hydrogen) atoms. The number of rotatable bonds is 4. The van der Waals surface area contributed by atoms with Gasteiger partial charge in [-0.1, -0.05) is 0 Å². The summed E-state index contributed by atoms with van der Waals surface area (Å²) in [7, 11) is 1.23. The molecule has 0 radical (unpaired) electrons. The first-order valence-corrected chi connectivity index (χ1v) is 7.35. The third-order valence-electron chi connectivity index (χ3n) is 3.45. The zero-order valence-corrected chi connectivity index (χ0v) is 14.6. The Balaban J connectivity index is 3.36. The van der Waals surface area contributed by atoms with E-state index in [2.05, 4.69) is 4.99 Å². The summed E-state index contributed by atoms with van der Waals surface area (Å²) in [6.45, 7) is 7.41. The van der Waals surface area contributed by atoms with Gasteiger partial charge in [0.2, 0.25) is 17.5 Å². The second-order valence-corrected chi connectivity index (χ2v) is 6.54. The summed E-state index contributed by atoms with van der Waals surface area (Å²) in [4.78, 5) is 52.9. The third kappa shape index (κ3) is 3.55. The number of nitrogens with zero attached hydrogens (tertiary/aromatic N) is 2. The van der Waals surface area contributed by atoms with Crippen LogP contribution in [0.4, 0.5) is 0 Å². The van der Waals surface area contributed by atoms with Crippen molar-refractivity contribution in [1.29, 1.82) is 0 Å². The lowest BCUT2D eigenvalue weighted by Crippen LogP contribution is -2.62.